The first-order valence-corrected chi connectivity index (χ1v) is 10.7. The first-order chi connectivity index (χ1) is 13.4. The zero-order valence-electron chi connectivity index (χ0n) is 15.3. The largest absolute Gasteiger partial charge is 0.497 e. The van der Waals surface area contributed by atoms with Crippen molar-refractivity contribution in [2.45, 2.75) is 18.2 Å². The molecule has 2 N–H and O–H groups in total. The second-order valence-electron chi connectivity index (χ2n) is 6.02. The summed E-state index contributed by atoms with van der Waals surface area (Å²) in [6, 6.07) is 13.5. The van der Waals surface area contributed by atoms with Crippen LogP contribution in [0.5, 0.6) is 5.75 Å². The molecule has 0 bridgehead atoms. The van der Waals surface area contributed by atoms with Gasteiger partial charge >= 0.3 is 0 Å². The number of carbonyl (C=O) groups excluding carboxylic acids is 1. The lowest BCUT2D eigenvalue weighted by Gasteiger charge is -2.06. The Kier molecular flexibility index (Phi) is 5.96. The minimum atomic E-state index is -3.76. The van der Waals surface area contributed by atoms with Crippen LogP contribution in [0, 0.1) is 6.92 Å². The Labute approximate surface area is 167 Å². The van der Waals surface area contributed by atoms with Gasteiger partial charge in [0.25, 0.3) is 10.0 Å². The standard InChI is InChI=1S/C19H19N3O4S2/c1-13-3-5-14(6-4-13)20-18(23)11-15-12-27-19(21-15)22-28(24,25)17-9-7-16(26-2)8-10-17/h3-10,12H,11H2,1-2H3,(H,20,23)(H,21,22). The van der Waals surface area contributed by atoms with E-state index in [0.717, 1.165) is 16.9 Å². The summed E-state index contributed by atoms with van der Waals surface area (Å²) in [6.45, 7) is 1.97. The molecule has 28 heavy (non-hydrogen) atoms. The quantitative estimate of drug-likeness (QED) is 0.614. The Bertz CT molecular complexity index is 1060. The van der Waals surface area contributed by atoms with Gasteiger partial charge in [-0.1, -0.05) is 17.7 Å². The molecule has 1 aromatic heterocycles. The van der Waals surface area contributed by atoms with Crippen molar-refractivity contribution in [1.82, 2.24) is 4.98 Å². The van der Waals surface area contributed by atoms with Crippen molar-refractivity contribution in [2.24, 2.45) is 0 Å². The van der Waals surface area contributed by atoms with Crippen LogP contribution in [0.3, 0.4) is 0 Å². The maximum atomic E-state index is 12.4. The molecule has 0 fully saturated rings. The number of ether oxygens (including phenoxy) is 1. The fourth-order valence-electron chi connectivity index (χ4n) is 2.37. The summed E-state index contributed by atoms with van der Waals surface area (Å²) in [5.74, 6) is 0.341. The number of anilines is 2. The van der Waals surface area contributed by atoms with Crippen molar-refractivity contribution >= 4 is 38.1 Å². The van der Waals surface area contributed by atoms with Crippen LogP contribution in [0.25, 0.3) is 0 Å². The Hall–Kier alpha value is -2.91. The van der Waals surface area contributed by atoms with E-state index in [4.69, 9.17) is 4.74 Å². The number of thiazole rings is 1. The Morgan fingerprint density at radius 3 is 2.43 bits per heavy atom. The molecule has 0 unspecified atom stereocenters. The van der Waals surface area contributed by atoms with Gasteiger partial charge in [0.2, 0.25) is 5.91 Å². The van der Waals surface area contributed by atoms with E-state index in [9.17, 15) is 13.2 Å². The van der Waals surface area contributed by atoms with Crippen molar-refractivity contribution in [3.05, 3.63) is 65.2 Å². The average Bonchev–Trinajstić information content (AvgIpc) is 3.09. The smallest absolute Gasteiger partial charge is 0.263 e. The van der Waals surface area contributed by atoms with Crippen LogP contribution in [0.15, 0.2) is 58.8 Å². The minimum absolute atomic E-state index is 0.0502. The van der Waals surface area contributed by atoms with Gasteiger partial charge in [-0.2, -0.15) is 0 Å². The highest BCUT2D eigenvalue weighted by molar-refractivity contribution is 7.93. The summed E-state index contributed by atoms with van der Waals surface area (Å²) in [7, 11) is -2.26. The van der Waals surface area contributed by atoms with Crippen LogP contribution < -0.4 is 14.8 Å². The van der Waals surface area contributed by atoms with E-state index in [2.05, 4.69) is 15.0 Å². The highest BCUT2D eigenvalue weighted by Crippen LogP contribution is 2.22. The summed E-state index contributed by atoms with van der Waals surface area (Å²) in [5.41, 5.74) is 2.29. The zero-order chi connectivity index (χ0) is 20.1. The van der Waals surface area contributed by atoms with E-state index in [-0.39, 0.29) is 22.4 Å². The molecule has 7 nitrogen and oxygen atoms in total. The maximum absolute atomic E-state index is 12.4. The van der Waals surface area contributed by atoms with E-state index in [1.165, 1.54) is 19.2 Å². The van der Waals surface area contributed by atoms with Crippen LogP contribution in [-0.2, 0) is 21.2 Å². The zero-order valence-corrected chi connectivity index (χ0v) is 16.9. The number of aromatic nitrogens is 1. The van der Waals surface area contributed by atoms with Crippen LogP contribution in [0.1, 0.15) is 11.3 Å². The Morgan fingerprint density at radius 2 is 1.79 bits per heavy atom. The van der Waals surface area contributed by atoms with Gasteiger partial charge < -0.3 is 10.1 Å². The highest BCUT2D eigenvalue weighted by atomic mass is 32.2. The van der Waals surface area contributed by atoms with Gasteiger partial charge in [-0.15, -0.1) is 11.3 Å². The Morgan fingerprint density at radius 1 is 1.11 bits per heavy atom. The third kappa shape index (κ3) is 5.08. The van der Waals surface area contributed by atoms with Crippen LogP contribution in [-0.4, -0.2) is 26.4 Å². The number of rotatable bonds is 7. The number of carbonyl (C=O) groups is 1. The van der Waals surface area contributed by atoms with Gasteiger partial charge in [0.05, 0.1) is 24.1 Å². The molecule has 3 aromatic rings. The normalized spacial score (nSPS) is 11.1. The summed E-state index contributed by atoms with van der Waals surface area (Å²) in [5, 5.41) is 4.64. The van der Waals surface area contributed by atoms with Gasteiger partial charge in [0.15, 0.2) is 5.13 Å². The molecule has 0 aliphatic heterocycles. The van der Waals surface area contributed by atoms with Crippen LogP contribution in [0.2, 0.25) is 0 Å². The molecule has 9 heteroatoms. The molecule has 0 spiro atoms. The molecule has 0 saturated heterocycles. The lowest BCUT2D eigenvalue weighted by Crippen LogP contribution is -2.15. The number of amides is 1. The van der Waals surface area contributed by atoms with Crippen molar-refractivity contribution in [1.29, 1.82) is 0 Å². The minimum Gasteiger partial charge on any atom is -0.497 e. The van der Waals surface area contributed by atoms with Crippen molar-refractivity contribution in [3.8, 4) is 5.75 Å². The second-order valence-corrected chi connectivity index (χ2v) is 8.56. The maximum Gasteiger partial charge on any atom is 0.263 e. The van der Waals surface area contributed by atoms with Gasteiger partial charge in [-0.3, -0.25) is 9.52 Å². The van der Waals surface area contributed by atoms with E-state index >= 15 is 0 Å². The molecule has 0 aliphatic carbocycles. The molecule has 0 aliphatic rings. The number of hydrogen-bond acceptors (Lipinski definition) is 6. The summed E-state index contributed by atoms with van der Waals surface area (Å²) in [6.07, 6.45) is 0.0502. The van der Waals surface area contributed by atoms with Crippen molar-refractivity contribution in [2.75, 3.05) is 17.1 Å². The number of nitrogens with zero attached hydrogens (tertiary/aromatic N) is 1. The summed E-state index contributed by atoms with van der Waals surface area (Å²) in [4.78, 5) is 16.4. The number of benzene rings is 2. The Balaban J connectivity index is 1.62. The number of methoxy groups -OCH3 is 1. The number of hydrogen-bond donors (Lipinski definition) is 2. The number of sulfonamides is 1. The van der Waals surface area contributed by atoms with Crippen molar-refractivity contribution in [3.63, 3.8) is 0 Å². The molecule has 146 valence electrons. The van der Waals surface area contributed by atoms with Gasteiger partial charge in [-0.05, 0) is 43.3 Å². The lowest BCUT2D eigenvalue weighted by molar-refractivity contribution is -0.115. The van der Waals surface area contributed by atoms with E-state index < -0.39 is 10.0 Å². The SMILES string of the molecule is COc1ccc(S(=O)(=O)Nc2nc(CC(=O)Nc3ccc(C)cc3)cs2)cc1. The first kappa shape index (κ1) is 19.8. The number of aryl methyl sites for hydroxylation is 1. The molecule has 1 heterocycles. The van der Waals surface area contributed by atoms with Crippen molar-refractivity contribution < 1.29 is 17.9 Å². The van der Waals surface area contributed by atoms with E-state index in [0.29, 0.717) is 17.1 Å². The molecule has 0 saturated carbocycles. The average molecular weight is 418 g/mol. The topological polar surface area (TPSA) is 97.4 Å². The second kappa shape index (κ2) is 8.41. The predicted octanol–water partition coefficient (Wildman–Crippen LogP) is 3.44. The first-order valence-electron chi connectivity index (χ1n) is 8.33. The van der Waals surface area contributed by atoms with E-state index in [1.54, 1.807) is 17.5 Å². The molecule has 2 aromatic carbocycles. The van der Waals surface area contributed by atoms with Crippen LogP contribution in [0.4, 0.5) is 10.8 Å². The molecular formula is C19H19N3O4S2. The molecule has 1 amide bonds. The molecule has 0 radical (unpaired) electrons. The predicted molar refractivity (Wildman–Crippen MR) is 109 cm³/mol. The summed E-state index contributed by atoms with van der Waals surface area (Å²) < 4.78 is 32.3. The summed E-state index contributed by atoms with van der Waals surface area (Å²) >= 11 is 1.12. The van der Waals surface area contributed by atoms with Gasteiger partial charge in [0.1, 0.15) is 5.75 Å². The molecule has 0 atom stereocenters. The third-order valence-electron chi connectivity index (χ3n) is 3.82. The van der Waals surface area contributed by atoms with Gasteiger partial charge in [-0.25, -0.2) is 13.4 Å². The number of nitrogens with one attached hydrogen (secondary N) is 2. The molecule has 3 rings (SSSR count). The fraction of sp³-hybridized carbons (Fsp3) is 0.158. The van der Waals surface area contributed by atoms with E-state index in [1.807, 2.05) is 31.2 Å². The lowest BCUT2D eigenvalue weighted by atomic mass is 10.2. The third-order valence-corrected chi connectivity index (χ3v) is 6.11. The monoisotopic (exact) mass is 417 g/mol. The molecular weight excluding hydrogens is 398 g/mol. The van der Waals surface area contributed by atoms with Gasteiger partial charge in [0, 0.05) is 11.1 Å². The highest BCUT2D eigenvalue weighted by Gasteiger charge is 2.17. The van der Waals surface area contributed by atoms with Crippen LogP contribution >= 0.6 is 11.3 Å². The fourth-order valence-corrected chi connectivity index (χ4v) is 4.33.